The van der Waals surface area contributed by atoms with Gasteiger partial charge in [0.1, 0.15) is 17.4 Å². The Morgan fingerprint density at radius 1 is 1.00 bits per heavy atom. The predicted octanol–water partition coefficient (Wildman–Crippen LogP) is 4.27. The van der Waals surface area contributed by atoms with E-state index in [0.717, 1.165) is 66.1 Å². The molecule has 0 spiro atoms. The van der Waals surface area contributed by atoms with Crippen LogP contribution in [-0.4, -0.2) is 38.1 Å². The van der Waals surface area contributed by atoms with Crippen molar-refractivity contribution in [1.29, 1.82) is 0 Å². The fourth-order valence-electron chi connectivity index (χ4n) is 4.10. The smallest absolute Gasteiger partial charge is 0.140 e. The molecule has 0 saturated heterocycles. The van der Waals surface area contributed by atoms with E-state index in [9.17, 15) is 0 Å². The van der Waals surface area contributed by atoms with Crippen molar-refractivity contribution in [1.82, 2.24) is 24.4 Å². The van der Waals surface area contributed by atoms with Crippen molar-refractivity contribution < 1.29 is 4.74 Å². The summed E-state index contributed by atoms with van der Waals surface area (Å²) in [7, 11) is 1.69. The largest absolute Gasteiger partial charge is 0.497 e. The number of benzene rings is 2. The summed E-state index contributed by atoms with van der Waals surface area (Å²) in [6.07, 6.45) is 1.89. The molecule has 2 aromatic heterocycles. The molecule has 0 radical (unpaired) electrons. The number of hydrogen-bond donors (Lipinski definition) is 1. The lowest BCUT2D eigenvalue weighted by molar-refractivity contribution is 0.210. The zero-order chi connectivity index (χ0) is 20.5. The van der Waals surface area contributed by atoms with E-state index in [1.165, 1.54) is 5.69 Å². The van der Waals surface area contributed by atoms with Crippen LogP contribution >= 0.6 is 0 Å². The van der Waals surface area contributed by atoms with Crippen molar-refractivity contribution in [2.45, 2.75) is 26.6 Å². The first kappa shape index (κ1) is 18.6. The minimum absolute atomic E-state index is 0.807. The number of ether oxygens (including phenoxy) is 1. The molecule has 6 heteroatoms. The number of aromatic nitrogens is 4. The molecule has 0 atom stereocenters. The molecular formula is C24H25N5O. The summed E-state index contributed by atoms with van der Waals surface area (Å²) in [4.78, 5) is 15.4. The minimum Gasteiger partial charge on any atom is -0.497 e. The molecule has 0 fully saturated rings. The number of aromatic amines is 1. The maximum atomic E-state index is 5.33. The van der Waals surface area contributed by atoms with Gasteiger partial charge in [0.15, 0.2) is 0 Å². The van der Waals surface area contributed by atoms with Gasteiger partial charge in [0.25, 0.3) is 0 Å². The summed E-state index contributed by atoms with van der Waals surface area (Å²) in [6.45, 7) is 5.55. The lowest BCUT2D eigenvalue weighted by atomic mass is 10.1. The van der Waals surface area contributed by atoms with Crippen molar-refractivity contribution >= 4 is 0 Å². The molecule has 4 aromatic rings. The molecule has 1 aliphatic heterocycles. The normalized spacial score (nSPS) is 13.9. The van der Waals surface area contributed by atoms with Crippen LogP contribution in [0.2, 0.25) is 0 Å². The SMILES string of the molecule is COc1ccc(-c2nc(-c3ccccc3)n3c2CN(Cc2ncc(C)[nH]2)CC3)cc1. The van der Waals surface area contributed by atoms with Crippen LogP contribution < -0.4 is 4.74 Å². The van der Waals surface area contributed by atoms with Crippen molar-refractivity contribution in [3.63, 3.8) is 0 Å². The highest BCUT2D eigenvalue weighted by atomic mass is 16.5. The third-order valence-electron chi connectivity index (χ3n) is 5.61. The van der Waals surface area contributed by atoms with Crippen molar-refractivity contribution in [2.24, 2.45) is 0 Å². The van der Waals surface area contributed by atoms with Crippen LogP contribution in [0, 0.1) is 6.92 Å². The number of rotatable bonds is 5. The Morgan fingerprint density at radius 3 is 2.50 bits per heavy atom. The number of hydrogen-bond acceptors (Lipinski definition) is 4. The topological polar surface area (TPSA) is 59.0 Å². The number of nitrogens with zero attached hydrogens (tertiary/aromatic N) is 4. The minimum atomic E-state index is 0.807. The summed E-state index contributed by atoms with van der Waals surface area (Å²) in [6, 6.07) is 18.6. The second-order valence-corrected chi connectivity index (χ2v) is 7.70. The maximum absolute atomic E-state index is 5.33. The molecule has 30 heavy (non-hydrogen) atoms. The van der Waals surface area contributed by atoms with E-state index >= 15 is 0 Å². The second-order valence-electron chi connectivity index (χ2n) is 7.70. The first-order valence-electron chi connectivity index (χ1n) is 10.2. The van der Waals surface area contributed by atoms with Gasteiger partial charge in [-0.3, -0.25) is 4.90 Å². The van der Waals surface area contributed by atoms with Gasteiger partial charge >= 0.3 is 0 Å². The van der Waals surface area contributed by atoms with Crippen molar-refractivity contribution in [3.8, 4) is 28.4 Å². The standard InChI is InChI=1S/C24H25N5O/c1-17-14-25-22(26-17)16-28-12-13-29-21(15-28)23(18-8-10-20(30-2)11-9-18)27-24(29)19-6-4-3-5-7-19/h3-11,14H,12-13,15-16H2,1-2H3,(H,25,26). The second kappa shape index (κ2) is 7.80. The van der Waals surface area contributed by atoms with Crippen molar-refractivity contribution in [2.75, 3.05) is 13.7 Å². The Bertz CT molecular complexity index is 1140. The lowest BCUT2D eigenvalue weighted by Gasteiger charge is -2.28. The van der Waals surface area contributed by atoms with Gasteiger partial charge in [-0.1, -0.05) is 30.3 Å². The molecule has 5 rings (SSSR count). The van der Waals surface area contributed by atoms with E-state index in [1.807, 2.05) is 31.3 Å². The fourth-order valence-corrected chi connectivity index (χ4v) is 4.10. The van der Waals surface area contributed by atoms with E-state index in [4.69, 9.17) is 9.72 Å². The van der Waals surface area contributed by atoms with Crippen molar-refractivity contribution in [3.05, 3.63) is 78.0 Å². The predicted molar refractivity (Wildman–Crippen MR) is 117 cm³/mol. The molecule has 3 heterocycles. The van der Waals surface area contributed by atoms with E-state index in [1.54, 1.807) is 7.11 Å². The molecule has 2 aromatic carbocycles. The monoisotopic (exact) mass is 399 g/mol. The van der Waals surface area contributed by atoms with E-state index in [0.29, 0.717) is 0 Å². The zero-order valence-electron chi connectivity index (χ0n) is 17.3. The Hall–Kier alpha value is -3.38. The van der Waals surface area contributed by atoms with Gasteiger partial charge in [-0.25, -0.2) is 9.97 Å². The highest BCUT2D eigenvalue weighted by Gasteiger charge is 2.26. The summed E-state index contributed by atoms with van der Waals surface area (Å²) < 4.78 is 7.71. The Balaban J connectivity index is 1.54. The number of nitrogens with one attached hydrogen (secondary N) is 1. The van der Waals surface area contributed by atoms with Crippen LogP contribution in [0.4, 0.5) is 0 Å². The molecule has 0 unspecified atom stereocenters. The number of aryl methyl sites for hydroxylation is 1. The van der Waals surface area contributed by atoms with Gasteiger partial charge in [-0.15, -0.1) is 0 Å². The molecule has 0 aliphatic carbocycles. The first-order valence-corrected chi connectivity index (χ1v) is 10.2. The number of imidazole rings is 2. The number of fused-ring (bicyclic) bond motifs is 1. The quantitative estimate of drug-likeness (QED) is 0.544. The van der Waals surface area contributed by atoms with Crippen LogP contribution in [0.1, 0.15) is 17.2 Å². The fraction of sp³-hybridized carbons (Fsp3) is 0.250. The Kier molecular flexibility index (Phi) is 4.85. The van der Waals surface area contributed by atoms with E-state index in [2.05, 4.69) is 55.8 Å². The molecule has 0 saturated carbocycles. The lowest BCUT2D eigenvalue weighted by Crippen LogP contribution is -2.33. The highest BCUT2D eigenvalue weighted by Crippen LogP contribution is 2.33. The summed E-state index contributed by atoms with van der Waals surface area (Å²) in [5.74, 6) is 2.89. The van der Waals surface area contributed by atoms with Crippen LogP contribution in [0.5, 0.6) is 5.75 Å². The summed E-state index contributed by atoms with van der Waals surface area (Å²) in [5.41, 5.74) is 5.63. The Morgan fingerprint density at radius 2 is 1.80 bits per heavy atom. The van der Waals surface area contributed by atoms with Gasteiger partial charge in [-0.2, -0.15) is 0 Å². The van der Waals surface area contributed by atoms with E-state index < -0.39 is 0 Å². The van der Waals surface area contributed by atoms with Crippen LogP contribution in [-0.2, 0) is 19.6 Å². The van der Waals surface area contributed by atoms with Gasteiger partial charge in [0.05, 0.1) is 25.0 Å². The Labute approximate surface area is 176 Å². The van der Waals surface area contributed by atoms with Gasteiger partial charge in [0.2, 0.25) is 0 Å². The molecule has 0 bridgehead atoms. The molecule has 152 valence electrons. The third-order valence-corrected chi connectivity index (χ3v) is 5.61. The van der Waals surface area contributed by atoms with E-state index in [-0.39, 0.29) is 0 Å². The third kappa shape index (κ3) is 3.50. The first-order chi connectivity index (χ1) is 14.7. The summed E-state index contributed by atoms with van der Waals surface area (Å²) in [5, 5.41) is 0. The molecule has 6 nitrogen and oxygen atoms in total. The van der Waals surface area contributed by atoms with Gasteiger partial charge in [-0.05, 0) is 31.2 Å². The maximum Gasteiger partial charge on any atom is 0.140 e. The summed E-state index contributed by atoms with van der Waals surface area (Å²) >= 11 is 0. The number of methoxy groups -OCH3 is 1. The average Bonchev–Trinajstić information content (AvgIpc) is 3.37. The highest BCUT2D eigenvalue weighted by molar-refractivity contribution is 5.69. The van der Waals surface area contributed by atoms with Crippen LogP contribution in [0.15, 0.2) is 60.8 Å². The van der Waals surface area contributed by atoms with Gasteiger partial charge in [0, 0.05) is 42.7 Å². The molecule has 0 amide bonds. The average molecular weight is 399 g/mol. The molecule has 1 N–H and O–H groups in total. The zero-order valence-corrected chi connectivity index (χ0v) is 17.3. The molecule has 1 aliphatic rings. The van der Waals surface area contributed by atoms with Crippen LogP contribution in [0.3, 0.4) is 0 Å². The number of H-pyrrole nitrogens is 1. The van der Waals surface area contributed by atoms with Gasteiger partial charge < -0.3 is 14.3 Å². The van der Waals surface area contributed by atoms with Crippen LogP contribution in [0.25, 0.3) is 22.6 Å². The molecular weight excluding hydrogens is 374 g/mol.